The molecular formula is C19H19N3O2S. The van der Waals surface area contributed by atoms with E-state index in [1.54, 1.807) is 18.4 Å². The molecule has 0 aliphatic carbocycles. The van der Waals surface area contributed by atoms with Crippen molar-refractivity contribution in [3.8, 4) is 16.3 Å². The Kier molecular flexibility index (Phi) is 5.64. The van der Waals surface area contributed by atoms with Crippen LogP contribution in [-0.2, 0) is 6.42 Å². The van der Waals surface area contributed by atoms with Crippen LogP contribution >= 0.6 is 11.3 Å². The quantitative estimate of drug-likeness (QED) is 0.699. The molecule has 0 saturated carbocycles. The van der Waals surface area contributed by atoms with Crippen LogP contribution in [0.25, 0.3) is 10.6 Å². The minimum atomic E-state index is -0.213. The molecule has 5 nitrogen and oxygen atoms in total. The second-order valence-corrected chi connectivity index (χ2v) is 6.23. The molecular weight excluding hydrogens is 334 g/mol. The van der Waals surface area contributed by atoms with E-state index < -0.39 is 0 Å². The Morgan fingerprint density at radius 2 is 2.00 bits per heavy atom. The van der Waals surface area contributed by atoms with E-state index in [1.807, 2.05) is 60.0 Å². The third-order valence-electron chi connectivity index (χ3n) is 3.57. The molecule has 25 heavy (non-hydrogen) atoms. The average molecular weight is 353 g/mol. The largest absolute Gasteiger partial charge is 0.497 e. The minimum absolute atomic E-state index is 0.213. The molecule has 0 aliphatic heterocycles. The molecule has 0 unspecified atom stereocenters. The molecule has 2 aromatic carbocycles. The van der Waals surface area contributed by atoms with Gasteiger partial charge < -0.3 is 15.4 Å². The number of aromatic nitrogens is 1. The summed E-state index contributed by atoms with van der Waals surface area (Å²) in [6.45, 7) is 0.528. The molecule has 128 valence electrons. The van der Waals surface area contributed by atoms with Crippen molar-refractivity contribution in [3.05, 3.63) is 65.7 Å². The number of benzene rings is 2. The number of anilines is 1. The number of nitrogens with one attached hydrogen (secondary N) is 2. The van der Waals surface area contributed by atoms with E-state index in [0.29, 0.717) is 13.0 Å². The van der Waals surface area contributed by atoms with Gasteiger partial charge in [-0.15, -0.1) is 11.3 Å². The van der Waals surface area contributed by atoms with Crippen LogP contribution in [0.4, 0.5) is 10.5 Å². The van der Waals surface area contributed by atoms with E-state index in [-0.39, 0.29) is 6.03 Å². The fraction of sp³-hybridized carbons (Fsp3) is 0.158. The number of nitrogens with zero attached hydrogens (tertiary/aromatic N) is 1. The zero-order valence-corrected chi connectivity index (χ0v) is 14.7. The third kappa shape index (κ3) is 4.81. The topological polar surface area (TPSA) is 63.2 Å². The number of hydrogen-bond donors (Lipinski definition) is 2. The first-order chi connectivity index (χ1) is 12.2. The number of carbonyl (C=O) groups is 1. The maximum atomic E-state index is 11.8. The lowest BCUT2D eigenvalue weighted by Gasteiger charge is -2.06. The lowest BCUT2D eigenvalue weighted by molar-refractivity contribution is 0.252. The van der Waals surface area contributed by atoms with Crippen LogP contribution in [0.3, 0.4) is 0 Å². The van der Waals surface area contributed by atoms with Gasteiger partial charge in [0.1, 0.15) is 10.8 Å². The summed E-state index contributed by atoms with van der Waals surface area (Å²) >= 11 is 1.59. The van der Waals surface area contributed by atoms with Crippen LogP contribution in [0.1, 0.15) is 5.69 Å². The van der Waals surface area contributed by atoms with Gasteiger partial charge in [0.2, 0.25) is 0 Å². The van der Waals surface area contributed by atoms with Crippen molar-refractivity contribution in [1.29, 1.82) is 0 Å². The molecule has 3 aromatic rings. The van der Waals surface area contributed by atoms with E-state index in [9.17, 15) is 4.79 Å². The second-order valence-electron chi connectivity index (χ2n) is 5.37. The Bertz CT molecular complexity index is 833. The molecule has 0 atom stereocenters. The van der Waals surface area contributed by atoms with Crippen molar-refractivity contribution < 1.29 is 9.53 Å². The maximum Gasteiger partial charge on any atom is 0.319 e. The molecule has 6 heteroatoms. The van der Waals surface area contributed by atoms with Gasteiger partial charge in [0, 0.05) is 29.6 Å². The highest BCUT2D eigenvalue weighted by Crippen LogP contribution is 2.26. The van der Waals surface area contributed by atoms with Crippen LogP contribution in [-0.4, -0.2) is 24.7 Å². The number of carbonyl (C=O) groups excluding carboxylic acids is 1. The molecule has 0 fully saturated rings. The van der Waals surface area contributed by atoms with Crippen molar-refractivity contribution in [1.82, 2.24) is 10.3 Å². The van der Waals surface area contributed by atoms with Crippen LogP contribution in [0.2, 0.25) is 0 Å². The number of hydrogen-bond acceptors (Lipinski definition) is 4. The van der Waals surface area contributed by atoms with Gasteiger partial charge in [-0.3, -0.25) is 0 Å². The molecule has 0 saturated heterocycles. The van der Waals surface area contributed by atoms with Crippen LogP contribution in [0, 0.1) is 0 Å². The summed E-state index contributed by atoms with van der Waals surface area (Å²) in [6.07, 6.45) is 0.683. The van der Waals surface area contributed by atoms with Crippen LogP contribution < -0.4 is 15.4 Å². The molecule has 1 aromatic heterocycles. The molecule has 0 aliphatic rings. The first-order valence-electron chi connectivity index (χ1n) is 7.93. The first kappa shape index (κ1) is 17.0. The summed E-state index contributed by atoms with van der Waals surface area (Å²) in [5.41, 5.74) is 2.77. The Morgan fingerprint density at radius 3 is 2.80 bits per heavy atom. The van der Waals surface area contributed by atoms with Crippen molar-refractivity contribution in [3.63, 3.8) is 0 Å². The lowest BCUT2D eigenvalue weighted by Crippen LogP contribution is -2.30. The summed E-state index contributed by atoms with van der Waals surface area (Å²) < 4.78 is 5.25. The number of methoxy groups -OCH3 is 1. The van der Waals surface area contributed by atoms with Gasteiger partial charge in [-0.05, 0) is 24.3 Å². The zero-order chi connectivity index (χ0) is 17.5. The smallest absolute Gasteiger partial charge is 0.319 e. The van der Waals surface area contributed by atoms with Crippen molar-refractivity contribution in [2.24, 2.45) is 0 Å². The lowest BCUT2D eigenvalue weighted by atomic mass is 10.2. The van der Waals surface area contributed by atoms with E-state index in [2.05, 4.69) is 15.6 Å². The van der Waals surface area contributed by atoms with Gasteiger partial charge in [0.25, 0.3) is 0 Å². The minimum Gasteiger partial charge on any atom is -0.497 e. The number of amides is 2. The van der Waals surface area contributed by atoms with Gasteiger partial charge in [-0.25, -0.2) is 9.78 Å². The number of ether oxygens (including phenoxy) is 1. The van der Waals surface area contributed by atoms with Crippen molar-refractivity contribution >= 4 is 23.1 Å². The van der Waals surface area contributed by atoms with Crippen molar-refractivity contribution in [2.45, 2.75) is 6.42 Å². The monoisotopic (exact) mass is 353 g/mol. The van der Waals surface area contributed by atoms with Crippen LogP contribution in [0.15, 0.2) is 60.0 Å². The van der Waals surface area contributed by atoms with Gasteiger partial charge in [-0.2, -0.15) is 0 Å². The van der Waals surface area contributed by atoms with E-state index in [1.165, 1.54) is 0 Å². The first-order valence-corrected chi connectivity index (χ1v) is 8.81. The summed E-state index contributed by atoms with van der Waals surface area (Å²) in [4.78, 5) is 16.5. The SMILES string of the molecule is COc1cccc(-c2nc(CCNC(=O)Nc3ccccc3)cs2)c1. The maximum absolute atomic E-state index is 11.8. The summed E-state index contributed by atoms with van der Waals surface area (Å²) in [6, 6.07) is 17.0. The predicted molar refractivity (Wildman–Crippen MR) is 101 cm³/mol. The summed E-state index contributed by atoms with van der Waals surface area (Å²) in [7, 11) is 1.65. The van der Waals surface area contributed by atoms with Crippen LogP contribution in [0.5, 0.6) is 5.75 Å². The summed E-state index contributed by atoms with van der Waals surface area (Å²) in [5, 5.41) is 8.60. The third-order valence-corrected chi connectivity index (χ3v) is 4.51. The van der Waals surface area contributed by atoms with E-state index in [0.717, 1.165) is 27.7 Å². The summed E-state index contributed by atoms with van der Waals surface area (Å²) in [5.74, 6) is 0.813. The highest BCUT2D eigenvalue weighted by Gasteiger charge is 2.07. The Balaban J connectivity index is 1.51. The highest BCUT2D eigenvalue weighted by atomic mass is 32.1. The molecule has 2 amide bonds. The molecule has 0 bridgehead atoms. The molecule has 2 N–H and O–H groups in total. The number of para-hydroxylation sites is 1. The number of urea groups is 1. The van der Waals surface area contributed by atoms with Gasteiger partial charge in [-0.1, -0.05) is 30.3 Å². The highest BCUT2D eigenvalue weighted by molar-refractivity contribution is 7.13. The molecule has 1 heterocycles. The Morgan fingerprint density at radius 1 is 1.16 bits per heavy atom. The number of thiazole rings is 1. The molecule has 0 spiro atoms. The zero-order valence-electron chi connectivity index (χ0n) is 13.9. The fourth-order valence-electron chi connectivity index (χ4n) is 2.31. The Hall–Kier alpha value is -2.86. The predicted octanol–water partition coefficient (Wildman–Crippen LogP) is 4.18. The average Bonchev–Trinajstić information content (AvgIpc) is 3.11. The standard InChI is InChI=1S/C19H19N3O2S/c1-24-17-9-5-6-14(12-17)18-21-16(13-25-18)10-11-20-19(23)22-15-7-3-2-4-8-15/h2-9,12-13H,10-11H2,1H3,(H2,20,22,23). The number of rotatable bonds is 6. The Labute approximate surface area is 150 Å². The van der Waals surface area contributed by atoms with E-state index >= 15 is 0 Å². The van der Waals surface area contributed by atoms with Gasteiger partial charge >= 0.3 is 6.03 Å². The second kappa shape index (κ2) is 8.30. The normalized spacial score (nSPS) is 10.3. The van der Waals surface area contributed by atoms with E-state index in [4.69, 9.17) is 4.74 Å². The molecule has 3 rings (SSSR count). The fourth-order valence-corrected chi connectivity index (χ4v) is 3.16. The van der Waals surface area contributed by atoms with Gasteiger partial charge in [0.15, 0.2) is 0 Å². The molecule has 0 radical (unpaired) electrons. The van der Waals surface area contributed by atoms with Gasteiger partial charge in [0.05, 0.1) is 12.8 Å². The van der Waals surface area contributed by atoms with Crippen molar-refractivity contribution in [2.75, 3.05) is 19.0 Å².